The molecule has 1 fully saturated rings. The molecule has 0 aromatic rings. The topological polar surface area (TPSA) is 32.3 Å². The minimum atomic E-state index is 0.101. The number of halogens is 1. The van der Waals surface area contributed by atoms with Crippen molar-refractivity contribution in [2.75, 3.05) is 25.0 Å². The first-order chi connectivity index (χ1) is 8.02. The van der Waals surface area contributed by atoms with E-state index in [-0.39, 0.29) is 5.91 Å². The van der Waals surface area contributed by atoms with Crippen LogP contribution in [0.1, 0.15) is 33.6 Å². The van der Waals surface area contributed by atoms with Gasteiger partial charge in [-0.15, -0.1) is 0 Å². The van der Waals surface area contributed by atoms with Gasteiger partial charge >= 0.3 is 0 Å². The minimum Gasteiger partial charge on any atom is -0.354 e. The van der Waals surface area contributed by atoms with Crippen LogP contribution in [0, 0.1) is 11.8 Å². The molecular weight excluding hydrogens is 280 g/mol. The van der Waals surface area contributed by atoms with Crippen LogP contribution in [-0.4, -0.2) is 41.8 Å². The summed E-state index contributed by atoms with van der Waals surface area (Å²) in [4.78, 5) is 13.5. The molecule has 1 unspecified atom stereocenters. The Morgan fingerprint density at radius 2 is 2.00 bits per heavy atom. The van der Waals surface area contributed by atoms with Crippen LogP contribution in [0.3, 0.4) is 0 Å². The fourth-order valence-electron chi connectivity index (χ4n) is 2.32. The van der Waals surface area contributed by atoms with E-state index in [1.54, 1.807) is 6.92 Å². The molecule has 100 valence electrons. The van der Waals surface area contributed by atoms with E-state index in [2.05, 4.69) is 40.0 Å². The van der Waals surface area contributed by atoms with E-state index >= 15 is 0 Å². The average molecular weight is 305 g/mol. The molecule has 0 spiro atoms. The average Bonchev–Trinajstić information content (AvgIpc) is 2.26. The van der Waals surface area contributed by atoms with E-state index in [4.69, 9.17) is 0 Å². The lowest BCUT2D eigenvalue weighted by molar-refractivity contribution is -0.119. The van der Waals surface area contributed by atoms with Crippen molar-refractivity contribution in [1.29, 1.82) is 0 Å². The molecule has 1 heterocycles. The molecule has 0 aromatic carbocycles. The van der Waals surface area contributed by atoms with E-state index in [1.807, 2.05) is 0 Å². The zero-order valence-corrected chi connectivity index (χ0v) is 12.8. The van der Waals surface area contributed by atoms with Gasteiger partial charge in [-0.25, -0.2) is 0 Å². The quantitative estimate of drug-likeness (QED) is 0.790. The second-order valence-corrected chi connectivity index (χ2v) is 6.08. The van der Waals surface area contributed by atoms with Gasteiger partial charge in [-0.2, -0.15) is 0 Å². The molecular formula is C13H25BrN2O. The van der Waals surface area contributed by atoms with Gasteiger partial charge in [-0.3, -0.25) is 4.79 Å². The largest absolute Gasteiger partial charge is 0.354 e. The Morgan fingerprint density at radius 1 is 1.41 bits per heavy atom. The maximum absolute atomic E-state index is 11.0. The zero-order valence-electron chi connectivity index (χ0n) is 11.2. The highest BCUT2D eigenvalue weighted by molar-refractivity contribution is 9.09. The smallest absolute Gasteiger partial charge is 0.217 e. The predicted molar refractivity (Wildman–Crippen MR) is 75.4 cm³/mol. The van der Waals surface area contributed by atoms with Crippen LogP contribution in [0.2, 0.25) is 0 Å². The molecule has 0 bridgehead atoms. The number of nitrogens with zero attached hydrogens (tertiary/aromatic N) is 1. The number of carbonyl (C=O) groups is 1. The Morgan fingerprint density at radius 3 is 2.41 bits per heavy atom. The second-order valence-electron chi connectivity index (χ2n) is 5.43. The number of hydrogen-bond acceptors (Lipinski definition) is 2. The van der Waals surface area contributed by atoms with Gasteiger partial charge in [0, 0.05) is 37.9 Å². The van der Waals surface area contributed by atoms with E-state index in [1.165, 1.54) is 6.54 Å². The third-order valence-corrected chi connectivity index (χ3v) is 4.46. The SMILES string of the molecule is CC(=O)NC1CCN(CC(CBr)C(C)C)CC1. The molecule has 1 saturated heterocycles. The molecule has 17 heavy (non-hydrogen) atoms. The molecule has 1 aliphatic heterocycles. The highest BCUT2D eigenvalue weighted by atomic mass is 79.9. The first-order valence-electron chi connectivity index (χ1n) is 6.58. The van der Waals surface area contributed by atoms with Gasteiger partial charge in [0.2, 0.25) is 5.91 Å². The Labute approximate surface area is 113 Å². The van der Waals surface area contributed by atoms with Crippen molar-refractivity contribution in [1.82, 2.24) is 10.2 Å². The van der Waals surface area contributed by atoms with Crippen molar-refractivity contribution >= 4 is 21.8 Å². The summed E-state index contributed by atoms with van der Waals surface area (Å²) in [6.07, 6.45) is 2.18. The maximum Gasteiger partial charge on any atom is 0.217 e. The van der Waals surface area contributed by atoms with Crippen LogP contribution in [0.15, 0.2) is 0 Å². The Balaban J connectivity index is 2.29. The Hall–Kier alpha value is -0.0900. The molecule has 0 aromatic heterocycles. The number of hydrogen-bond donors (Lipinski definition) is 1. The number of nitrogens with one attached hydrogen (secondary N) is 1. The monoisotopic (exact) mass is 304 g/mol. The zero-order chi connectivity index (χ0) is 12.8. The highest BCUT2D eigenvalue weighted by Crippen LogP contribution is 2.18. The van der Waals surface area contributed by atoms with E-state index < -0.39 is 0 Å². The van der Waals surface area contributed by atoms with E-state index in [9.17, 15) is 4.79 Å². The number of piperidine rings is 1. The third-order valence-electron chi connectivity index (χ3n) is 3.63. The number of rotatable bonds is 5. The van der Waals surface area contributed by atoms with Gasteiger partial charge in [-0.05, 0) is 24.7 Å². The molecule has 0 saturated carbocycles. The fourth-order valence-corrected chi connectivity index (χ4v) is 3.27. The number of amides is 1. The van der Waals surface area contributed by atoms with Crippen LogP contribution in [-0.2, 0) is 4.79 Å². The van der Waals surface area contributed by atoms with Gasteiger partial charge in [0.15, 0.2) is 0 Å². The van der Waals surface area contributed by atoms with Crippen molar-refractivity contribution in [2.24, 2.45) is 11.8 Å². The first-order valence-corrected chi connectivity index (χ1v) is 7.70. The van der Waals surface area contributed by atoms with Crippen LogP contribution in [0.5, 0.6) is 0 Å². The van der Waals surface area contributed by atoms with Crippen LogP contribution in [0.4, 0.5) is 0 Å². The summed E-state index contributed by atoms with van der Waals surface area (Å²) in [5.74, 6) is 1.55. The summed E-state index contributed by atoms with van der Waals surface area (Å²) in [5, 5.41) is 4.10. The van der Waals surface area contributed by atoms with Gasteiger partial charge < -0.3 is 10.2 Å². The van der Waals surface area contributed by atoms with Crippen LogP contribution < -0.4 is 5.32 Å². The van der Waals surface area contributed by atoms with Crippen molar-refractivity contribution < 1.29 is 4.79 Å². The summed E-state index contributed by atoms with van der Waals surface area (Å²) in [5.41, 5.74) is 0. The third kappa shape index (κ3) is 5.38. The lowest BCUT2D eigenvalue weighted by Crippen LogP contribution is -2.45. The number of likely N-dealkylation sites (tertiary alicyclic amines) is 1. The normalized spacial score (nSPS) is 20.5. The summed E-state index contributed by atoms with van der Waals surface area (Å²) in [6, 6.07) is 0.394. The summed E-state index contributed by atoms with van der Waals surface area (Å²) >= 11 is 3.60. The van der Waals surface area contributed by atoms with E-state index in [0.29, 0.717) is 6.04 Å². The maximum atomic E-state index is 11.0. The summed E-state index contributed by atoms with van der Waals surface area (Å²) < 4.78 is 0. The molecule has 1 amide bonds. The lowest BCUT2D eigenvalue weighted by Gasteiger charge is -2.35. The molecule has 0 radical (unpaired) electrons. The van der Waals surface area contributed by atoms with E-state index in [0.717, 1.165) is 43.1 Å². The summed E-state index contributed by atoms with van der Waals surface area (Å²) in [6.45, 7) is 9.58. The summed E-state index contributed by atoms with van der Waals surface area (Å²) in [7, 11) is 0. The van der Waals surface area contributed by atoms with Gasteiger partial charge in [0.1, 0.15) is 0 Å². The number of carbonyl (C=O) groups excluding carboxylic acids is 1. The molecule has 1 aliphatic rings. The van der Waals surface area contributed by atoms with Gasteiger partial charge in [0.25, 0.3) is 0 Å². The Bertz CT molecular complexity index is 238. The molecule has 3 nitrogen and oxygen atoms in total. The highest BCUT2D eigenvalue weighted by Gasteiger charge is 2.22. The standard InChI is InChI=1S/C13H25BrN2O/c1-10(2)12(8-14)9-16-6-4-13(5-7-16)15-11(3)17/h10,12-13H,4-9H2,1-3H3,(H,15,17). The minimum absolute atomic E-state index is 0.101. The molecule has 1 rings (SSSR count). The van der Waals surface area contributed by atoms with Crippen LogP contribution >= 0.6 is 15.9 Å². The molecule has 1 atom stereocenters. The van der Waals surface area contributed by atoms with Crippen LogP contribution in [0.25, 0.3) is 0 Å². The predicted octanol–water partition coefficient (Wildman–Crippen LogP) is 2.25. The van der Waals surface area contributed by atoms with Crippen molar-refractivity contribution in [2.45, 2.75) is 39.7 Å². The second kappa shape index (κ2) is 7.37. The molecule has 0 aliphatic carbocycles. The molecule has 4 heteroatoms. The first kappa shape index (κ1) is 15.0. The van der Waals surface area contributed by atoms with Gasteiger partial charge in [-0.1, -0.05) is 29.8 Å². The molecule has 1 N–H and O–H groups in total. The van der Waals surface area contributed by atoms with Crippen molar-refractivity contribution in [3.05, 3.63) is 0 Å². The number of alkyl halides is 1. The lowest BCUT2D eigenvalue weighted by atomic mass is 9.96. The fraction of sp³-hybridized carbons (Fsp3) is 0.923. The Kier molecular flexibility index (Phi) is 6.49. The van der Waals surface area contributed by atoms with Crippen molar-refractivity contribution in [3.8, 4) is 0 Å². The van der Waals surface area contributed by atoms with Gasteiger partial charge in [0.05, 0.1) is 0 Å². The van der Waals surface area contributed by atoms with Crippen molar-refractivity contribution in [3.63, 3.8) is 0 Å².